The van der Waals surface area contributed by atoms with Gasteiger partial charge < -0.3 is 22.9 Å². The number of ether oxygens (including phenoxy) is 1. The van der Waals surface area contributed by atoms with Crippen molar-refractivity contribution in [2.75, 3.05) is 0 Å². The molecule has 0 spiro atoms. The van der Waals surface area contributed by atoms with Gasteiger partial charge in [0.25, 0.3) is 0 Å². The van der Waals surface area contributed by atoms with Gasteiger partial charge in [-0.25, -0.2) is 4.79 Å². The third-order valence-electron chi connectivity index (χ3n) is 3.61. The number of carbonyl (C=O) groups excluding carboxylic acids is 1. The van der Waals surface area contributed by atoms with Gasteiger partial charge in [0.15, 0.2) is 6.04 Å². The van der Waals surface area contributed by atoms with Crippen molar-refractivity contribution in [3.8, 4) is 0 Å². The molecule has 4 heteroatoms. The number of carbonyl (C=O) groups is 1. The summed E-state index contributed by atoms with van der Waals surface area (Å²) in [4.78, 5) is 11.5. The summed E-state index contributed by atoms with van der Waals surface area (Å²) in [6.45, 7) is 8.38. The van der Waals surface area contributed by atoms with Gasteiger partial charge in [0.05, 0.1) is 0 Å². The lowest BCUT2D eigenvalue weighted by atomic mass is 9.86. The summed E-state index contributed by atoms with van der Waals surface area (Å²) in [5.41, 5.74) is 6.46. The van der Waals surface area contributed by atoms with E-state index in [-0.39, 0.29) is 35.9 Å². The molecular formula is C16H24ClNO2. The molecule has 0 aliphatic heterocycles. The smallest absolute Gasteiger partial charge is 0.364 e. The highest BCUT2D eigenvalue weighted by Gasteiger charge is 2.42. The standard InChI is InChI=1S/C16H23NO2.ClH/c1-10(17)15(18)19-14-9-13(14)11-5-7-12(8-6-11)16(2,3)4;/h5-8,10,13-14H,9,17H2,1-4H3;1H/t10-,13?,14?;/m0./s1. The molecule has 0 heterocycles. The highest BCUT2D eigenvalue weighted by molar-refractivity contribution is 5.74. The maximum Gasteiger partial charge on any atom is 0.364 e. The van der Waals surface area contributed by atoms with Crippen LogP contribution in [0.1, 0.15) is 51.2 Å². The number of hydrogen-bond donors (Lipinski definition) is 1. The van der Waals surface area contributed by atoms with Gasteiger partial charge in [-0.2, -0.15) is 0 Å². The van der Waals surface area contributed by atoms with Crippen molar-refractivity contribution in [1.82, 2.24) is 0 Å². The van der Waals surface area contributed by atoms with Gasteiger partial charge >= 0.3 is 5.97 Å². The molecule has 112 valence electrons. The number of quaternary nitrogens is 1. The maximum absolute atomic E-state index is 11.5. The van der Waals surface area contributed by atoms with Crippen molar-refractivity contribution in [2.24, 2.45) is 0 Å². The molecule has 1 aromatic carbocycles. The fourth-order valence-electron chi connectivity index (χ4n) is 2.15. The second kappa shape index (κ2) is 6.15. The summed E-state index contributed by atoms with van der Waals surface area (Å²) < 4.78 is 5.39. The molecule has 0 saturated heterocycles. The van der Waals surface area contributed by atoms with Crippen LogP contribution in [0.15, 0.2) is 24.3 Å². The zero-order valence-corrected chi connectivity index (χ0v) is 13.4. The number of esters is 1. The van der Waals surface area contributed by atoms with Crippen LogP contribution < -0.4 is 18.1 Å². The minimum atomic E-state index is -0.287. The van der Waals surface area contributed by atoms with E-state index in [1.54, 1.807) is 6.92 Å². The molecular weight excluding hydrogens is 274 g/mol. The van der Waals surface area contributed by atoms with E-state index in [1.807, 2.05) is 0 Å². The van der Waals surface area contributed by atoms with E-state index >= 15 is 0 Å². The Hall–Kier alpha value is -1.06. The molecule has 3 nitrogen and oxygen atoms in total. The van der Waals surface area contributed by atoms with E-state index in [2.05, 4.69) is 50.8 Å². The van der Waals surface area contributed by atoms with E-state index in [0.29, 0.717) is 5.92 Å². The van der Waals surface area contributed by atoms with Crippen molar-refractivity contribution in [2.45, 2.75) is 57.6 Å². The van der Waals surface area contributed by atoms with E-state index in [1.165, 1.54) is 11.1 Å². The van der Waals surface area contributed by atoms with Gasteiger partial charge in [-0.3, -0.25) is 0 Å². The Morgan fingerprint density at radius 2 is 1.85 bits per heavy atom. The fraction of sp³-hybridized carbons (Fsp3) is 0.562. The number of hydrogen-bond acceptors (Lipinski definition) is 2. The Labute approximate surface area is 127 Å². The molecule has 0 bridgehead atoms. The molecule has 1 fully saturated rings. The Kier molecular flexibility index (Phi) is 5.22. The van der Waals surface area contributed by atoms with Crippen LogP contribution in [0.3, 0.4) is 0 Å². The Morgan fingerprint density at radius 1 is 1.30 bits per heavy atom. The highest BCUT2D eigenvalue weighted by Crippen LogP contribution is 2.43. The van der Waals surface area contributed by atoms with Gasteiger partial charge in [-0.15, -0.1) is 0 Å². The molecule has 0 radical (unpaired) electrons. The van der Waals surface area contributed by atoms with Crippen molar-refractivity contribution in [1.29, 1.82) is 0 Å². The third-order valence-corrected chi connectivity index (χ3v) is 3.61. The first kappa shape index (κ1) is 17.0. The van der Waals surface area contributed by atoms with Gasteiger partial charge in [-0.1, -0.05) is 45.0 Å². The Morgan fingerprint density at radius 3 is 2.30 bits per heavy atom. The average molecular weight is 298 g/mol. The maximum atomic E-state index is 11.5. The molecule has 3 N–H and O–H groups in total. The van der Waals surface area contributed by atoms with Gasteiger partial charge in [-0.05, 0) is 29.9 Å². The molecule has 0 amide bonds. The van der Waals surface area contributed by atoms with E-state index in [4.69, 9.17) is 4.74 Å². The zero-order valence-electron chi connectivity index (χ0n) is 12.7. The first-order valence-corrected chi connectivity index (χ1v) is 6.93. The predicted molar refractivity (Wildman–Crippen MR) is 74.7 cm³/mol. The van der Waals surface area contributed by atoms with E-state index < -0.39 is 0 Å². The topological polar surface area (TPSA) is 53.9 Å². The number of halogens is 1. The second-order valence-corrected chi connectivity index (χ2v) is 6.59. The molecule has 1 saturated carbocycles. The molecule has 1 aliphatic carbocycles. The molecule has 1 aromatic rings. The molecule has 20 heavy (non-hydrogen) atoms. The average Bonchev–Trinajstić information content (AvgIpc) is 3.07. The van der Waals surface area contributed by atoms with Crippen molar-refractivity contribution in [3.05, 3.63) is 35.4 Å². The SMILES string of the molecule is C[C@H]([NH3+])C(=O)OC1CC1c1ccc(C(C)(C)C)cc1.[Cl-]. The largest absolute Gasteiger partial charge is 1.00 e. The lowest BCUT2D eigenvalue weighted by Crippen LogP contribution is -3.00. The molecule has 1 aliphatic rings. The van der Waals surface area contributed by atoms with Gasteiger partial charge in [0.1, 0.15) is 6.10 Å². The van der Waals surface area contributed by atoms with E-state index in [9.17, 15) is 4.79 Å². The second-order valence-electron chi connectivity index (χ2n) is 6.59. The minimum Gasteiger partial charge on any atom is -1.00 e. The summed E-state index contributed by atoms with van der Waals surface area (Å²) in [6.07, 6.45) is 0.991. The van der Waals surface area contributed by atoms with Crippen molar-refractivity contribution < 1.29 is 27.7 Å². The van der Waals surface area contributed by atoms with Gasteiger partial charge in [0, 0.05) is 5.92 Å². The number of rotatable bonds is 3. The lowest BCUT2D eigenvalue weighted by molar-refractivity contribution is -0.403. The highest BCUT2D eigenvalue weighted by atomic mass is 35.5. The summed E-state index contributed by atoms with van der Waals surface area (Å²) in [5, 5.41) is 0. The summed E-state index contributed by atoms with van der Waals surface area (Å²) in [5.74, 6) is 0.176. The predicted octanol–water partition coefficient (Wildman–Crippen LogP) is -0.982. The Bertz CT molecular complexity index is 462. The van der Waals surface area contributed by atoms with Crippen molar-refractivity contribution >= 4 is 5.97 Å². The van der Waals surface area contributed by atoms with Crippen molar-refractivity contribution in [3.63, 3.8) is 0 Å². The summed E-state index contributed by atoms with van der Waals surface area (Å²) >= 11 is 0. The van der Waals surface area contributed by atoms with Crippen LogP contribution >= 0.6 is 0 Å². The van der Waals surface area contributed by atoms with Crippen LogP contribution in [0.25, 0.3) is 0 Å². The quantitative estimate of drug-likeness (QED) is 0.729. The zero-order chi connectivity index (χ0) is 14.2. The summed E-state index contributed by atoms with van der Waals surface area (Å²) in [7, 11) is 0. The fourth-order valence-corrected chi connectivity index (χ4v) is 2.15. The van der Waals surface area contributed by atoms with Crippen LogP contribution in [0.2, 0.25) is 0 Å². The monoisotopic (exact) mass is 297 g/mol. The van der Waals surface area contributed by atoms with Crippen LogP contribution in [-0.2, 0) is 14.9 Å². The molecule has 0 aromatic heterocycles. The molecule has 2 rings (SSSR count). The molecule has 2 unspecified atom stereocenters. The van der Waals surface area contributed by atoms with Gasteiger partial charge in [0.2, 0.25) is 0 Å². The normalized spacial score (nSPS) is 22.6. The van der Waals surface area contributed by atoms with E-state index in [0.717, 1.165) is 6.42 Å². The first-order chi connectivity index (χ1) is 8.79. The number of benzene rings is 1. The first-order valence-electron chi connectivity index (χ1n) is 6.93. The van der Waals surface area contributed by atoms with Crippen LogP contribution in [0, 0.1) is 0 Å². The third kappa shape index (κ3) is 3.97. The van der Waals surface area contributed by atoms with Crippen LogP contribution in [0.4, 0.5) is 0 Å². The minimum absolute atomic E-state index is 0. The van der Waals surface area contributed by atoms with Crippen LogP contribution in [-0.4, -0.2) is 18.1 Å². The van der Waals surface area contributed by atoms with Crippen LogP contribution in [0.5, 0.6) is 0 Å². The Balaban J connectivity index is 0.00000200. The molecule has 3 atom stereocenters. The lowest BCUT2D eigenvalue weighted by Gasteiger charge is -2.19. The summed E-state index contributed by atoms with van der Waals surface area (Å²) in [6, 6.07) is 8.39.